The normalized spacial score (nSPS) is 21.8. The minimum absolute atomic E-state index is 0.179. The lowest BCUT2D eigenvalue weighted by atomic mass is 9.85. The fraction of sp³-hybridized carbons (Fsp3) is 0.632. The zero-order valence-electron chi connectivity index (χ0n) is 13.2. The van der Waals surface area contributed by atoms with Crippen LogP contribution in [0, 0.1) is 0 Å². The molecular formula is C19H27NO. The third-order valence-corrected chi connectivity index (χ3v) is 5.29. The molecule has 0 N–H and O–H groups in total. The van der Waals surface area contributed by atoms with E-state index < -0.39 is 0 Å². The van der Waals surface area contributed by atoms with Crippen LogP contribution in [-0.4, -0.2) is 29.3 Å². The third-order valence-electron chi connectivity index (χ3n) is 5.29. The first-order valence-electron chi connectivity index (χ1n) is 8.65. The average Bonchev–Trinajstić information content (AvgIpc) is 3.19. The molecule has 0 atom stereocenters. The van der Waals surface area contributed by atoms with Crippen LogP contribution in [0.5, 0.6) is 0 Å². The van der Waals surface area contributed by atoms with Gasteiger partial charge in [0.05, 0.1) is 5.54 Å². The van der Waals surface area contributed by atoms with Gasteiger partial charge in [-0.2, -0.15) is 0 Å². The van der Waals surface area contributed by atoms with E-state index in [2.05, 4.69) is 30.0 Å². The summed E-state index contributed by atoms with van der Waals surface area (Å²) in [5.74, 6) is 0.389. The number of benzene rings is 1. The quantitative estimate of drug-likeness (QED) is 0.755. The number of rotatable bonds is 5. The second-order valence-electron chi connectivity index (χ2n) is 6.71. The molecule has 1 heterocycles. The van der Waals surface area contributed by atoms with Crippen molar-refractivity contribution in [3.63, 3.8) is 0 Å². The van der Waals surface area contributed by atoms with Gasteiger partial charge in [0, 0.05) is 5.56 Å². The van der Waals surface area contributed by atoms with Crippen LogP contribution >= 0.6 is 0 Å². The Hall–Kier alpha value is -1.15. The van der Waals surface area contributed by atoms with Crippen molar-refractivity contribution in [2.75, 3.05) is 13.1 Å². The summed E-state index contributed by atoms with van der Waals surface area (Å²) in [6, 6.07) is 8.38. The molecule has 0 bridgehead atoms. The van der Waals surface area contributed by atoms with Gasteiger partial charge in [0.2, 0.25) is 0 Å². The smallest absolute Gasteiger partial charge is 0.183 e. The van der Waals surface area contributed by atoms with Crippen molar-refractivity contribution in [2.45, 2.75) is 63.8 Å². The van der Waals surface area contributed by atoms with Gasteiger partial charge in [-0.3, -0.25) is 9.69 Å². The minimum Gasteiger partial charge on any atom is -0.292 e. The molecular weight excluding hydrogens is 258 g/mol. The van der Waals surface area contributed by atoms with Gasteiger partial charge in [0.15, 0.2) is 5.78 Å². The topological polar surface area (TPSA) is 20.3 Å². The van der Waals surface area contributed by atoms with Gasteiger partial charge in [-0.05, 0) is 56.8 Å². The van der Waals surface area contributed by atoms with E-state index in [0.29, 0.717) is 5.78 Å². The largest absolute Gasteiger partial charge is 0.292 e. The molecule has 0 radical (unpaired) electrons. The molecule has 2 heteroatoms. The summed E-state index contributed by atoms with van der Waals surface area (Å²) in [6.07, 6.45) is 9.24. The molecule has 1 saturated carbocycles. The molecule has 0 spiro atoms. The molecule has 2 aliphatic rings. The Bertz CT molecular complexity index is 496. The van der Waals surface area contributed by atoms with Gasteiger partial charge in [-0.1, -0.05) is 44.4 Å². The first-order chi connectivity index (χ1) is 10.3. The Kier molecular flexibility index (Phi) is 4.44. The van der Waals surface area contributed by atoms with E-state index in [1.165, 1.54) is 31.2 Å². The standard InChI is InChI=1S/C19H27NO/c1-2-8-16-9-7-10-17(15-16)18(21)19(11-3-4-12-19)20-13-5-6-14-20/h7,9-10,15H,2-6,8,11-14H2,1H3. The summed E-state index contributed by atoms with van der Waals surface area (Å²) in [7, 11) is 0. The van der Waals surface area contributed by atoms with Crippen molar-refractivity contribution < 1.29 is 4.79 Å². The zero-order chi connectivity index (χ0) is 14.7. The summed E-state index contributed by atoms with van der Waals surface area (Å²) < 4.78 is 0. The Morgan fingerprint density at radius 2 is 1.86 bits per heavy atom. The van der Waals surface area contributed by atoms with Gasteiger partial charge < -0.3 is 0 Å². The fourth-order valence-electron chi connectivity index (χ4n) is 4.22. The van der Waals surface area contributed by atoms with Crippen molar-refractivity contribution in [3.8, 4) is 0 Å². The molecule has 2 nitrogen and oxygen atoms in total. The lowest BCUT2D eigenvalue weighted by Gasteiger charge is -2.37. The molecule has 1 aromatic rings. The molecule has 0 aromatic heterocycles. The Labute approximate surface area is 128 Å². The maximum Gasteiger partial charge on any atom is 0.183 e. The number of hydrogen-bond donors (Lipinski definition) is 0. The van der Waals surface area contributed by atoms with Crippen LogP contribution in [0.3, 0.4) is 0 Å². The number of nitrogens with zero attached hydrogens (tertiary/aromatic N) is 1. The Balaban J connectivity index is 1.89. The monoisotopic (exact) mass is 285 g/mol. The summed E-state index contributed by atoms with van der Waals surface area (Å²) >= 11 is 0. The lowest BCUT2D eigenvalue weighted by Crippen LogP contribution is -2.51. The van der Waals surface area contributed by atoms with Crippen LogP contribution in [0.4, 0.5) is 0 Å². The van der Waals surface area contributed by atoms with E-state index in [9.17, 15) is 4.79 Å². The van der Waals surface area contributed by atoms with Gasteiger partial charge in [0.1, 0.15) is 0 Å². The van der Waals surface area contributed by atoms with Crippen molar-refractivity contribution in [3.05, 3.63) is 35.4 Å². The number of likely N-dealkylation sites (tertiary alicyclic amines) is 1. The highest BCUT2D eigenvalue weighted by molar-refractivity contribution is 6.03. The van der Waals surface area contributed by atoms with Crippen LogP contribution < -0.4 is 0 Å². The Morgan fingerprint density at radius 1 is 1.14 bits per heavy atom. The van der Waals surface area contributed by atoms with Crippen molar-refractivity contribution in [2.24, 2.45) is 0 Å². The number of aryl methyl sites for hydroxylation is 1. The van der Waals surface area contributed by atoms with Crippen LogP contribution in [0.2, 0.25) is 0 Å². The number of carbonyl (C=O) groups excluding carboxylic acids is 1. The summed E-state index contributed by atoms with van der Waals surface area (Å²) in [6.45, 7) is 4.41. The molecule has 1 aliphatic heterocycles. The van der Waals surface area contributed by atoms with E-state index in [-0.39, 0.29) is 5.54 Å². The zero-order valence-corrected chi connectivity index (χ0v) is 13.2. The second kappa shape index (κ2) is 6.31. The molecule has 3 rings (SSSR count). The lowest BCUT2D eigenvalue weighted by molar-refractivity contribution is 0.0626. The molecule has 0 amide bonds. The van der Waals surface area contributed by atoms with Gasteiger partial charge in [0.25, 0.3) is 0 Å². The predicted octanol–water partition coefficient (Wildman–Crippen LogP) is 4.23. The molecule has 1 saturated heterocycles. The predicted molar refractivity (Wildman–Crippen MR) is 86.8 cm³/mol. The molecule has 1 aromatic carbocycles. The maximum atomic E-state index is 13.3. The van der Waals surface area contributed by atoms with E-state index in [4.69, 9.17) is 0 Å². The number of hydrogen-bond acceptors (Lipinski definition) is 2. The molecule has 114 valence electrons. The maximum absolute atomic E-state index is 13.3. The number of carbonyl (C=O) groups is 1. The fourth-order valence-corrected chi connectivity index (χ4v) is 4.22. The minimum atomic E-state index is -0.179. The Morgan fingerprint density at radius 3 is 2.52 bits per heavy atom. The number of Topliss-reactive ketones (excluding diaryl/α,β-unsaturated/α-hetero) is 1. The van der Waals surface area contributed by atoms with E-state index in [1.807, 2.05) is 6.07 Å². The van der Waals surface area contributed by atoms with Gasteiger partial charge in [-0.15, -0.1) is 0 Å². The van der Waals surface area contributed by atoms with E-state index in [1.54, 1.807) is 0 Å². The van der Waals surface area contributed by atoms with Crippen LogP contribution in [0.15, 0.2) is 24.3 Å². The van der Waals surface area contributed by atoms with Gasteiger partial charge in [-0.25, -0.2) is 0 Å². The molecule has 2 fully saturated rings. The highest BCUT2D eigenvalue weighted by Gasteiger charge is 2.46. The van der Waals surface area contributed by atoms with Crippen molar-refractivity contribution in [1.82, 2.24) is 4.90 Å². The highest BCUT2D eigenvalue weighted by Crippen LogP contribution is 2.40. The molecule has 1 aliphatic carbocycles. The highest BCUT2D eigenvalue weighted by atomic mass is 16.1. The molecule has 0 unspecified atom stereocenters. The van der Waals surface area contributed by atoms with Crippen LogP contribution in [-0.2, 0) is 6.42 Å². The SMILES string of the molecule is CCCc1cccc(C(=O)C2(N3CCCC3)CCCC2)c1. The van der Waals surface area contributed by atoms with E-state index in [0.717, 1.165) is 44.3 Å². The van der Waals surface area contributed by atoms with Crippen molar-refractivity contribution in [1.29, 1.82) is 0 Å². The van der Waals surface area contributed by atoms with Crippen LogP contribution in [0.25, 0.3) is 0 Å². The summed E-state index contributed by atoms with van der Waals surface area (Å²) in [4.78, 5) is 15.8. The average molecular weight is 285 g/mol. The van der Waals surface area contributed by atoms with Gasteiger partial charge >= 0.3 is 0 Å². The third kappa shape index (κ3) is 2.78. The second-order valence-corrected chi connectivity index (χ2v) is 6.71. The summed E-state index contributed by atoms with van der Waals surface area (Å²) in [5.41, 5.74) is 2.06. The molecule has 21 heavy (non-hydrogen) atoms. The first-order valence-corrected chi connectivity index (χ1v) is 8.65. The van der Waals surface area contributed by atoms with Crippen LogP contribution in [0.1, 0.15) is 67.8 Å². The summed E-state index contributed by atoms with van der Waals surface area (Å²) in [5, 5.41) is 0. The first kappa shape index (κ1) is 14.8. The van der Waals surface area contributed by atoms with E-state index >= 15 is 0 Å². The number of ketones is 1. The van der Waals surface area contributed by atoms with Crippen molar-refractivity contribution >= 4 is 5.78 Å².